The van der Waals surface area contributed by atoms with E-state index in [9.17, 15) is 9.65 Å². The van der Waals surface area contributed by atoms with Crippen LogP contribution in [0, 0.1) is 23.0 Å². The minimum Gasteiger partial charge on any atom is -0.489 e. The van der Waals surface area contributed by atoms with Crippen molar-refractivity contribution in [3.63, 3.8) is 0 Å². The van der Waals surface area contributed by atoms with Crippen molar-refractivity contribution in [1.29, 1.82) is 5.26 Å². The number of halogens is 3. The van der Waals surface area contributed by atoms with Crippen molar-refractivity contribution >= 4 is 54.7 Å². The van der Waals surface area contributed by atoms with Gasteiger partial charge in [0.15, 0.2) is 11.6 Å². The molecule has 2 aromatic carbocycles. The molecule has 0 radical (unpaired) electrons. The number of thiophene rings is 1. The van der Waals surface area contributed by atoms with Crippen LogP contribution in [-0.4, -0.2) is 73.0 Å². The zero-order valence-electron chi connectivity index (χ0n) is 25.2. The largest absolute Gasteiger partial charge is 0.489 e. The molecule has 2 aromatic heterocycles. The van der Waals surface area contributed by atoms with Gasteiger partial charge < -0.3 is 24.8 Å². The third kappa shape index (κ3) is 4.68. The molecule has 46 heavy (non-hydrogen) atoms. The molecular weight excluding hydrogens is 634 g/mol. The number of fused-ring (bicyclic) bond motifs is 2. The van der Waals surface area contributed by atoms with E-state index in [-0.39, 0.29) is 77.7 Å². The lowest BCUT2D eigenvalue weighted by atomic mass is 9.94. The molecule has 4 aromatic rings. The van der Waals surface area contributed by atoms with Gasteiger partial charge in [0.1, 0.15) is 41.4 Å². The first kappa shape index (κ1) is 30.6. The molecule has 3 aliphatic rings. The number of nitrogens with zero attached hydrogens (tertiary/aromatic N) is 5. The molecule has 5 heterocycles. The first-order valence-electron chi connectivity index (χ1n) is 14.9. The Morgan fingerprint density at radius 3 is 2.91 bits per heavy atom. The number of methoxy groups -OCH3 is 1. The van der Waals surface area contributed by atoms with E-state index in [1.54, 1.807) is 13.2 Å². The normalized spacial score (nSPS) is 21.0. The van der Waals surface area contributed by atoms with Crippen LogP contribution < -0.4 is 20.1 Å². The quantitative estimate of drug-likeness (QED) is 0.212. The van der Waals surface area contributed by atoms with Gasteiger partial charge >= 0.3 is 6.01 Å². The first-order valence-corrected chi connectivity index (χ1v) is 16.1. The molecule has 238 valence electrons. The summed E-state index contributed by atoms with van der Waals surface area (Å²) in [6, 6.07) is 4.25. The van der Waals surface area contributed by atoms with Crippen molar-refractivity contribution in [2.45, 2.75) is 30.8 Å². The van der Waals surface area contributed by atoms with E-state index in [2.05, 4.69) is 23.0 Å². The second-order valence-electron chi connectivity index (χ2n) is 11.9. The standard InChI is InChI=1S/C33H31ClF2N6O3S/c1-4-18-15-44-28-24-27(26(36)23(25(28)34)19-6-7-21(35)29-22(19)20(13-37)30(38)46-29)39-32(40-31(24)42(18)10-11-43-3)45-16-33-8-5-9-41(33)14-17(2)12-33/h4,6-7,18H,1-2,5,8-12,14-16,38H2,3H3/t18-,33+/m1/s1. The van der Waals surface area contributed by atoms with Gasteiger partial charge in [-0.15, -0.1) is 17.9 Å². The van der Waals surface area contributed by atoms with Crippen molar-refractivity contribution in [3.8, 4) is 29.0 Å². The molecule has 0 unspecified atom stereocenters. The minimum atomic E-state index is -0.791. The van der Waals surface area contributed by atoms with Gasteiger partial charge in [-0.3, -0.25) is 4.90 Å². The lowest BCUT2D eigenvalue weighted by molar-refractivity contribution is 0.108. The molecule has 0 amide bonds. The molecule has 2 atom stereocenters. The molecule has 9 nitrogen and oxygen atoms in total. The van der Waals surface area contributed by atoms with E-state index in [0.29, 0.717) is 25.6 Å². The zero-order chi connectivity index (χ0) is 32.3. The molecule has 2 N–H and O–H groups in total. The Balaban J connectivity index is 1.47. The lowest BCUT2D eigenvalue weighted by Gasteiger charge is -2.31. The highest BCUT2D eigenvalue weighted by molar-refractivity contribution is 7.23. The van der Waals surface area contributed by atoms with Crippen molar-refractivity contribution in [2.24, 2.45) is 0 Å². The average molecular weight is 665 g/mol. The van der Waals surface area contributed by atoms with E-state index in [1.165, 1.54) is 12.1 Å². The van der Waals surface area contributed by atoms with Crippen LogP contribution >= 0.6 is 22.9 Å². The van der Waals surface area contributed by atoms with Gasteiger partial charge in [0.25, 0.3) is 0 Å². The number of benzene rings is 2. The summed E-state index contributed by atoms with van der Waals surface area (Å²) in [5, 5.41) is 10.4. The SMILES string of the molecule is C=C[C@@H]1COc2c(Cl)c(-c3ccc(F)c4sc(N)c(C#N)c34)c(F)c3nc(OC[C@@]45CCCN4CC(=C)C5)nc(c23)N1CCOC. The Hall–Kier alpha value is -4.02. The molecule has 2 saturated heterocycles. The Bertz CT molecular complexity index is 1980. The van der Waals surface area contributed by atoms with E-state index >= 15 is 4.39 Å². The number of rotatable bonds is 8. The summed E-state index contributed by atoms with van der Waals surface area (Å²) in [7, 11) is 1.59. The number of nitrogen functional groups attached to an aromatic ring is 1. The third-order valence-electron chi connectivity index (χ3n) is 9.23. The molecule has 0 aliphatic carbocycles. The molecule has 0 saturated carbocycles. The van der Waals surface area contributed by atoms with Crippen LogP contribution in [0.1, 0.15) is 24.8 Å². The summed E-state index contributed by atoms with van der Waals surface area (Å²) in [6.07, 6.45) is 4.52. The van der Waals surface area contributed by atoms with Crippen molar-refractivity contribution in [2.75, 3.05) is 57.2 Å². The lowest BCUT2D eigenvalue weighted by Crippen LogP contribution is -2.43. The summed E-state index contributed by atoms with van der Waals surface area (Å²) in [4.78, 5) is 13.7. The van der Waals surface area contributed by atoms with E-state index in [0.717, 1.165) is 49.3 Å². The van der Waals surface area contributed by atoms with E-state index in [1.807, 2.05) is 11.0 Å². The van der Waals surface area contributed by atoms with Crippen LogP contribution in [0.3, 0.4) is 0 Å². The van der Waals surface area contributed by atoms with Crippen LogP contribution in [0.15, 0.2) is 36.9 Å². The highest BCUT2D eigenvalue weighted by atomic mass is 35.5. The van der Waals surface area contributed by atoms with Crippen LogP contribution in [0.25, 0.3) is 32.1 Å². The molecule has 13 heteroatoms. The van der Waals surface area contributed by atoms with Gasteiger partial charge in [-0.2, -0.15) is 15.2 Å². The fraction of sp³-hybridized carbons (Fsp3) is 0.364. The average Bonchev–Trinajstić information content (AvgIpc) is 3.65. The van der Waals surface area contributed by atoms with Gasteiger partial charge in [-0.05, 0) is 37.4 Å². The van der Waals surface area contributed by atoms with Crippen molar-refractivity contribution < 1.29 is 23.0 Å². The number of ether oxygens (including phenoxy) is 3. The number of anilines is 2. The predicted octanol–water partition coefficient (Wildman–Crippen LogP) is 6.47. The Morgan fingerprint density at radius 1 is 1.33 bits per heavy atom. The molecule has 0 spiro atoms. The van der Waals surface area contributed by atoms with Crippen molar-refractivity contribution in [1.82, 2.24) is 14.9 Å². The number of nitrogens with two attached hydrogens (primary N) is 1. The monoisotopic (exact) mass is 664 g/mol. The van der Waals surface area contributed by atoms with Crippen LogP contribution in [0.4, 0.5) is 19.6 Å². The second-order valence-corrected chi connectivity index (χ2v) is 13.3. The highest BCUT2D eigenvalue weighted by Gasteiger charge is 2.46. The number of aromatic nitrogens is 2. The first-order chi connectivity index (χ1) is 22.2. The smallest absolute Gasteiger partial charge is 0.319 e. The highest BCUT2D eigenvalue weighted by Crippen LogP contribution is 2.51. The molecular formula is C33H31ClF2N6O3S. The summed E-state index contributed by atoms with van der Waals surface area (Å²) in [6.45, 7) is 11.1. The number of nitriles is 1. The van der Waals surface area contributed by atoms with Gasteiger partial charge in [0.05, 0.1) is 38.9 Å². The van der Waals surface area contributed by atoms with Crippen LogP contribution in [-0.2, 0) is 4.74 Å². The van der Waals surface area contributed by atoms with Crippen LogP contribution in [0.2, 0.25) is 5.02 Å². The minimum absolute atomic E-state index is 0.00627. The summed E-state index contributed by atoms with van der Waals surface area (Å²) in [5.41, 5.74) is 7.09. The Kier molecular flexibility index (Phi) is 7.76. The molecule has 0 bridgehead atoms. The number of hydrogen-bond donors (Lipinski definition) is 1. The molecule has 3 aliphatic heterocycles. The van der Waals surface area contributed by atoms with Crippen LogP contribution in [0.5, 0.6) is 11.8 Å². The molecule has 2 fully saturated rings. The topological polar surface area (TPSA) is 110 Å². The second kappa shape index (κ2) is 11.7. The third-order valence-corrected chi connectivity index (χ3v) is 10.6. The Labute approximate surface area is 273 Å². The number of hydrogen-bond acceptors (Lipinski definition) is 10. The maximum atomic E-state index is 17.1. The maximum Gasteiger partial charge on any atom is 0.319 e. The van der Waals surface area contributed by atoms with E-state index in [4.69, 9.17) is 36.5 Å². The predicted molar refractivity (Wildman–Crippen MR) is 176 cm³/mol. The van der Waals surface area contributed by atoms with E-state index < -0.39 is 11.6 Å². The van der Waals surface area contributed by atoms with Gasteiger partial charge in [0, 0.05) is 31.1 Å². The fourth-order valence-electron chi connectivity index (χ4n) is 7.11. The summed E-state index contributed by atoms with van der Waals surface area (Å²) < 4.78 is 50.2. The fourth-order valence-corrected chi connectivity index (χ4v) is 8.39. The summed E-state index contributed by atoms with van der Waals surface area (Å²) >= 11 is 7.93. The maximum absolute atomic E-state index is 17.1. The Morgan fingerprint density at radius 2 is 2.15 bits per heavy atom. The van der Waals surface area contributed by atoms with Gasteiger partial charge in [0.2, 0.25) is 0 Å². The van der Waals surface area contributed by atoms with Gasteiger partial charge in [-0.1, -0.05) is 35.9 Å². The summed E-state index contributed by atoms with van der Waals surface area (Å²) in [5.74, 6) is -0.851. The van der Waals surface area contributed by atoms with Gasteiger partial charge in [-0.25, -0.2) is 8.78 Å². The van der Waals surface area contributed by atoms with Crippen molar-refractivity contribution in [3.05, 3.63) is 59.2 Å². The zero-order valence-corrected chi connectivity index (χ0v) is 26.7. The molecule has 7 rings (SSSR count).